The van der Waals surface area contributed by atoms with E-state index >= 15 is 0 Å². The summed E-state index contributed by atoms with van der Waals surface area (Å²) in [5, 5.41) is 0. The van der Waals surface area contributed by atoms with Gasteiger partial charge in [0.25, 0.3) is 0 Å². The Morgan fingerprint density at radius 3 is 2.67 bits per heavy atom. The summed E-state index contributed by atoms with van der Waals surface area (Å²) in [5.41, 5.74) is 3.69. The lowest BCUT2D eigenvalue weighted by Gasteiger charge is -2.16. The molecule has 0 radical (unpaired) electrons. The molecule has 106 valence electrons. The van der Waals surface area contributed by atoms with Crippen molar-refractivity contribution in [2.75, 3.05) is 11.9 Å². The monoisotopic (exact) mass is 279 g/mol. The van der Waals surface area contributed by atoms with Crippen LogP contribution in [0.3, 0.4) is 0 Å². The second-order valence-electron chi connectivity index (χ2n) is 5.12. The van der Waals surface area contributed by atoms with Crippen molar-refractivity contribution in [1.82, 2.24) is 9.38 Å². The molecule has 0 saturated heterocycles. The fourth-order valence-electron chi connectivity index (χ4n) is 2.36. The number of anilines is 1. The van der Waals surface area contributed by atoms with E-state index in [0.717, 1.165) is 22.6 Å². The third kappa shape index (κ3) is 2.65. The molecule has 0 spiro atoms. The van der Waals surface area contributed by atoms with Crippen LogP contribution >= 0.6 is 0 Å². The first-order valence-electron chi connectivity index (χ1n) is 6.90. The van der Waals surface area contributed by atoms with Gasteiger partial charge in [-0.05, 0) is 30.7 Å². The van der Waals surface area contributed by atoms with Crippen LogP contribution in [0.15, 0.2) is 54.9 Å². The molecule has 21 heavy (non-hydrogen) atoms. The predicted octanol–water partition coefficient (Wildman–Crippen LogP) is 2.85. The molecule has 0 aliphatic rings. The molecule has 1 aromatic carbocycles. The van der Waals surface area contributed by atoms with Crippen molar-refractivity contribution in [3.63, 3.8) is 0 Å². The quantitative estimate of drug-likeness (QED) is 0.739. The topological polar surface area (TPSA) is 37.6 Å². The van der Waals surface area contributed by atoms with Crippen molar-refractivity contribution in [3.05, 3.63) is 66.1 Å². The molecule has 4 heteroatoms. The summed E-state index contributed by atoms with van der Waals surface area (Å²) in [6.07, 6.45) is 4.16. The molecule has 0 aliphatic heterocycles. The van der Waals surface area contributed by atoms with Gasteiger partial charge in [-0.15, -0.1) is 0 Å². The van der Waals surface area contributed by atoms with Crippen LogP contribution in [-0.4, -0.2) is 22.3 Å². The van der Waals surface area contributed by atoms with Gasteiger partial charge in [-0.3, -0.25) is 4.79 Å². The van der Waals surface area contributed by atoms with Crippen molar-refractivity contribution in [3.8, 4) is 0 Å². The highest BCUT2D eigenvalue weighted by Crippen LogP contribution is 2.14. The first-order chi connectivity index (χ1) is 10.1. The van der Waals surface area contributed by atoms with Crippen molar-refractivity contribution in [2.45, 2.75) is 13.3 Å². The maximum atomic E-state index is 12.4. The zero-order valence-electron chi connectivity index (χ0n) is 12.2. The number of nitrogens with zero attached hydrogens (tertiary/aromatic N) is 3. The molecule has 0 fully saturated rings. The molecule has 0 saturated carbocycles. The van der Waals surface area contributed by atoms with E-state index in [1.165, 1.54) is 0 Å². The van der Waals surface area contributed by atoms with E-state index in [1.54, 1.807) is 11.9 Å². The van der Waals surface area contributed by atoms with E-state index in [-0.39, 0.29) is 5.91 Å². The predicted molar refractivity (Wildman–Crippen MR) is 83.5 cm³/mol. The van der Waals surface area contributed by atoms with Crippen LogP contribution in [0.2, 0.25) is 0 Å². The molecular weight excluding hydrogens is 262 g/mol. The molecule has 2 aromatic heterocycles. The van der Waals surface area contributed by atoms with Gasteiger partial charge >= 0.3 is 0 Å². The second kappa shape index (κ2) is 5.40. The molecule has 3 rings (SSSR count). The highest BCUT2D eigenvalue weighted by Gasteiger charge is 2.13. The number of imidazole rings is 1. The normalized spacial score (nSPS) is 10.8. The third-order valence-electron chi connectivity index (χ3n) is 3.58. The number of hydrogen-bond donors (Lipinski definition) is 0. The lowest BCUT2D eigenvalue weighted by atomic mass is 10.2. The molecule has 3 aromatic rings. The standard InChI is InChI=1S/C17H17N3O/c1-13-7-6-10-20-12-14(18-17(13)20)11-16(21)19(2)15-8-4-3-5-9-15/h3-10,12H,11H2,1-2H3. The first kappa shape index (κ1) is 13.4. The Morgan fingerprint density at radius 2 is 1.95 bits per heavy atom. The molecule has 0 bridgehead atoms. The van der Waals surface area contributed by atoms with E-state index in [0.29, 0.717) is 6.42 Å². The maximum absolute atomic E-state index is 12.4. The van der Waals surface area contributed by atoms with E-state index < -0.39 is 0 Å². The number of fused-ring (bicyclic) bond motifs is 1. The molecule has 0 unspecified atom stereocenters. The number of rotatable bonds is 3. The van der Waals surface area contributed by atoms with Gasteiger partial charge in [0.2, 0.25) is 5.91 Å². The molecule has 1 amide bonds. The van der Waals surface area contributed by atoms with Crippen LogP contribution < -0.4 is 4.90 Å². The van der Waals surface area contributed by atoms with Gasteiger partial charge in [-0.1, -0.05) is 24.3 Å². The minimum Gasteiger partial charge on any atom is -0.315 e. The number of aryl methyl sites for hydroxylation is 1. The number of carbonyl (C=O) groups excluding carboxylic acids is 1. The number of para-hydroxylation sites is 1. The second-order valence-corrected chi connectivity index (χ2v) is 5.12. The summed E-state index contributed by atoms with van der Waals surface area (Å²) in [4.78, 5) is 18.6. The number of amides is 1. The van der Waals surface area contributed by atoms with Gasteiger partial charge in [0, 0.05) is 25.1 Å². The van der Waals surface area contributed by atoms with Gasteiger partial charge < -0.3 is 9.30 Å². The zero-order chi connectivity index (χ0) is 14.8. The summed E-state index contributed by atoms with van der Waals surface area (Å²) in [7, 11) is 1.79. The molecule has 2 heterocycles. The molecular formula is C17H17N3O. The largest absolute Gasteiger partial charge is 0.315 e. The van der Waals surface area contributed by atoms with Crippen LogP contribution in [0.4, 0.5) is 5.69 Å². The number of aromatic nitrogens is 2. The van der Waals surface area contributed by atoms with Crippen molar-refractivity contribution < 1.29 is 4.79 Å². The van der Waals surface area contributed by atoms with Crippen LogP contribution in [-0.2, 0) is 11.2 Å². The van der Waals surface area contributed by atoms with Crippen LogP contribution in [0.1, 0.15) is 11.3 Å². The average molecular weight is 279 g/mol. The number of pyridine rings is 1. The average Bonchev–Trinajstić information content (AvgIpc) is 2.91. The Labute approximate surface area is 123 Å². The van der Waals surface area contributed by atoms with Gasteiger partial charge in [0.05, 0.1) is 12.1 Å². The highest BCUT2D eigenvalue weighted by atomic mass is 16.2. The number of likely N-dealkylation sites (N-methyl/N-ethyl adjacent to an activating group) is 1. The van der Waals surface area contributed by atoms with Crippen molar-refractivity contribution >= 4 is 17.2 Å². The van der Waals surface area contributed by atoms with Crippen molar-refractivity contribution in [1.29, 1.82) is 0 Å². The third-order valence-corrected chi connectivity index (χ3v) is 3.58. The summed E-state index contributed by atoms with van der Waals surface area (Å²) in [6, 6.07) is 13.6. The van der Waals surface area contributed by atoms with Crippen molar-refractivity contribution in [2.24, 2.45) is 0 Å². The van der Waals surface area contributed by atoms with E-state index in [4.69, 9.17) is 0 Å². The molecule has 4 nitrogen and oxygen atoms in total. The van der Waals surface area contributed by atoms with E-state index in [1.807, 2.05) is 66.2 Å². The van der Waals surface area contributed by atoms with E-state index in [9.17, 15) is 4.79 Å². The minimum atomic E-state index is 0.0299. The smallest absolute Gasteiger partial charge is 0.232 e. The van der Waals surface area contributed by atoms with Crippen LogP contribution in [0.25, 0.3) is 5.65 Å². The number of benzene rings is 1. The lowest BCUT2D eigenvalue weighted by Crippen LogP contribution is -2.27. The van der Waals surface area contributed by atoms with Gasteiger partial charge in [-0.25, -0.2) is 4.98 Å². The first-order valence-corrected chi connectivity index (χ1v) is 6.90. The van der Waals surface area contributed by atoms with Crippen LogP contribution in [0.5, 0.6) is 0 Å². The fourth-order valence-corrected chi connectivity index (χ4v) is 2.36. The molecule has 0 N–H and O–H groups in total. The minimum absolute atomic E-state index is 0.0299. The SMILES string of the molecule is Cc1cccn2cc(CC(=O)N(C)c3ccccc3)nc12. The summed E-state index contributed by atoms with van der Waals surface area (Å²) in [6.45, 7) is 2.02. The molecule has 0 atom stereocenters. The Kier molecular flexibility index (Phi) is 3.44. The molecule has 0 aliphatic carbocycles. The summed E-state index contributed by atoms with van der Waals surface area (Å²) >= 11 is 0. The number of carbonyl (C=O) groups is 1. The highest BCUT2D eigenvalue weighted by molar-refractivity contribution is 5.94. The van der Waals surface area contributed by atoms with Crippen LogP contribution in [0, 0.1) is 6.92 Å². The number of hydrogen-bond acceptors (Lipinski definition) is 2. The van der Waals surface area contributed by atoms with Gasteiger partial charge in [-0.2, -0.15) is 0 Å². The Balaban J connectivity index is 1.82. The Morgan fingerprint density at radius 1 is 1.19 bits per heavy atom. The Hall–Kier alpha value is -2.62. The summed E-state index contributed by atoms with van der Waals surface area (Å²) in [5.74, 6) is 0.0299. The fraction of sp³-hybridized carbons (Fsp3) is 0.176. The summed E-state index contributed by atoms with van der Waals surface area (Å²) < 4.78 is 1.96. The zero-order valence-corrected chi connectivity index (χ0v) is 12.2. The lowest BCUT2D eigenvalue weighted by molar-refractivity contribution is -0.117. The maximum Gasteiger partial charge on any atom is 0.232 e. The van der Waals surface area contributed by atoms with E-state index in [2.05, 4.69) is 4.98 Å². The Bertz CT molecular complexity index is 777. The van der Waals surface area contributed by atoms with Gasteiger partial charge in [0.1, 0.15) is 5.65 Å². The van der Waals surface area contributed by atoms with Gasteiger partial charge in [0.15, 0.2) is 0 Å².